The molecule has 90 valence electrons. The first-order valence-corrected chi connectivity index (χ1v) is 5.99. The Kier molecular flexibility index (Phi) is 4.75. The summed E-state index contributed by atoms with van der Waals surface area (Å²) in [5, 5.41) is 14.6. The molecule has 0 radical (unpaired) electrons. The Morgan fingerprint density at radius 2 is 2.38 bits per heavy atom. The molecule has 0 bridgehead atoms. The predicted molar refractivity (Wildman–Crippen MR) is 62.6 cm³/mol. The molecule has 4 nitrogen and oxygen atoms in total. The zero-order valence-corrected chi connectivity index (χ0v) is 10.2. The molecule has 16 heavy (non-hydrogen) atoms. The lowest BCUT2D eigenvalue weighted by atomic mass is 9.75. The summed E-state index contributed by atoms with van der Waals surface area (Å²) >= 11 is 0. The molecule has 2 N–H and O–H groups in total. The number of rotatable bonds is 5. The van der Waals surface area contributed by atoms with Gasteiger partial charge in [0.1, 0.15) is 0 Å². The summed E-state index contributed by atoms with van der Waals surface area (Å²) < 4.78 is 0. The average Bonchev–Trinajstić information content (AvgIpc) is 2.74. The van der Waals surface area contributed by atoms with Crippen LogP contribution in [0.3, 0.4) is 0 Å². The van der Waals surface area contributed by atoms with Crippen molar-refractivity contribution in [2.45, 2.75) is 33.1 Å². The van der Waals surface area contributed by atoms with Crippen LogP contribution in [0.2, 0.25) is 0 Å². The van der Waals surface area contributed by atoms with Crippen molar-refractivity contribution in [1.82, 2.24) is 10.6 Å². The van der Waals surface area contributed by atoms with Gasteiger partial charge in [0.15, 0.2) is 0 Å². The molecule has 0 aliphatic carbocycles. The minimum absolute atomic E-state index is 0.144. The summed E-state index contributed by atoms with van der Waals surface area (Å²) in [6.07, 6.45) is 2.16. The third-order valence-electron chi connectivity index (χ3n) is 3.50. The Morgan fingerprint density at radius 1 is 1.62 bits per heavy atom. The average molecular weight is 223 g/mol. The van der Waals surface area contributed by atoms with Crippen LogP contribution in [0.15, 0.2) is 0 Å². The second kappa shape index (κ2) is 5.86. The van der Waals surface area contributed by atoms with E-state index in [0.717, 1.165) is 25.9 Å². The molecule has 0 spiro atoms. The van der Waals surface area contributed by atoms with E-state index in [1.807, 2.05) is 0 Å². The number of hydrogen-bond acceptors (Lipinski definition) is 3. The highest BCUT2D eigenvalue weighted by Crippen LogP contribution is 2.34. The molecule has 0 aromatic carbocycles. The fourth-order valence-electron chi connectivity index (χ4n) is 2.21. The fourth-order valence-corrected chi connectivity index (χ4v) is 2.21. The maximum Gasteiger partial charge on any atom is 0.227 e. The van der Waals surface area contributed by atoms with Gasteiger partial charge in [-0.15, -0.1) is 0 Å². The van der Waals surface area contributed by atoms with Gasteiger partial charge in [-0.3, -0.25) is 4.79 Å². The molecule has 0 aromatic heterocycles. The summed E-state index contributed by atoms with van der Waals surface area (Å²) in [5.41, 5.74) is -0.243. The van der Waals surface area contributed by atoms with E-state index in [4.69, 9.17) is 5.26 Å². The van der Waals surface area contributed by atoms with Gasteiger partial charge in [-0.05, 0) is 25.3 Å². The topological polar surface area (TPSA) is 64.9 Å². The molecular formula is C12H21N3O. The van der Waals surface area contributed by atoms with E-state index in [9.17, 15) is 4.79 Å². The second-order valence-electron chi connectivity index (χ2n) is 4.76. The van der Waals surface area contributed by atoms with E-state index in [1.165, 1.54) is 0 Å². The van der Waals surface area contributed by atoms with Gasteiger partial charge < -0.3 is 10.6 Å². The molecule has 1 heterocycles. The number of nitriles is 1. The molecule has 1 fully saturated rings. The van der Waals surface area contributed by atoms with Crippen LogP contribution in [0.5, 0.6) is 0 Å². The first-order chi connectivity index (χ1) is 7.63. The summed E-state index contributed by atoms with van der Waals surface area (Å²) in [7, 11) is 0. The molecule has 4 heteroatoms. The molecular weight excluding hydrogens is 202 g/mol. The number of nitrogens with zero attached hydrogens (tertiary/aromatic N) is 1. The van der Waals surface area contributed by atoms with Gasteiger partial charge >= 0.3 is 0 Å². The van der Waals surface area contributed by atoms with Crippen LogP contribution in [0.4, 0.5) is 0 Å². The van der Waals surface area contributed by atoms with Crippen molar-refractivity contribution in [2.24, 2.45) is 11.3 Å². The number of nitrogens with one attached hydrogen (secondary N) is 2. The van der Waals surface area contributed by atoms with Gasteiger partial charge in [0.05, 0.1) is 11.5 Å². The van der Waals surface area contributed by atoms with Crippen LogP contribution < -0.4 is 10.6 Å². The standard InChI is InChI=1S/C12H21N3O/c1-10(2)12(5-8-14-9-12)11(16)15-7-4-3-6-13/h10,14H,3-5,7-9H2,1-2H3,(H,15,16). The monoisotopic (exact) mass is 223 g/mol. The maximum absolute atomic E-state index is 12.1. The SMILES string of the molecule is CC(C)C1(C(=O)NCCCC#N)CCNC1. The first-order valence-electron chi connectivity index (χ1n) is 5.99. The fraction of sp³-hybridized carbons (Fsp3) is 0.833. The lowest BCUT2D eigenvalue weighted by Crippen LogP contribution is -2.46. The van der Waals surface area contributed by atoms with Crippen molar-refractivity contribution >= 4 is 5.91 Å². The lowest BCUT2D eigenvalue weighted by Gasteiger charge is -2.31. The smallest absolute Gasteiger partial charge is 0.227 e. The highest BCUT2D eigenvalue weighted by atomic mass is 16.2. The van der Waals surface area contributed by atoms with Gasteiger partial charge in [-0.1, -0.05) is 13.8 Å². The van der Waals surface area contributed by atoms with Gasteiger partial charge in [-0.25, -0.2) is 0 Å². The molecule has 1 aliphatic heterocycles. The van der Waals surface area contributed by atoms with Crippen LogP contribution in [-0.4, -0.2) is 25.5 Å². The molecule has 1 saturated heterocycles. The third kappa shape index (κ3) is 2.73. The summed E-state index contributed by atoms with van der Waals surface area (Å²) in [5.74, 6) is 0.490. The van der Waals surface area contributed by atoms with Gasteiger partial charge in [0.25, 0.3) is 0 Å². The Bertz CT molecular complexity index is 274. The van der Waals surface area contributed by atoms with Gasteiger partial charge in [0.2, 0.25) is 5.91 Å². The summed E-state index contributed by atoms with van der Waals surface area (Å²) in [6.45, 7) is 6.50. The zero-order chi connectivity index (χ0) is 12.0. The molecule has 1 rings (SSSR count). The van der Waals surface area contributed by atoms with E-state index < -0.39 is 0 Å². The normalized spacial score (nSPS) is 24.4. The number of hydrogen-bond donors (Lipinski definition) is 2. The molecule has 1 unspecified atom stereocenters. The van der Waals surface area contributed by atoms with Gasteiger partial charge in [0, 0.05) is 19.5 Å². The van der Waals surface area contributed by atoms with Crippen molar-refractivity contribution in [3.05, 3.63) is 0 Å². The molecule has 0 aromatic rings. The maximum atomic E-state index is 12.1. The Hall–Kier alpha value is -1.08. The van der Waals surface area contributed by atoms with E-state index >= 15 is 0 Å². The summed E-state index contributed by atoms with van der Waals surface area (Å²) in [6, 6.07) is 2.08. The Balaban J connectivity index is 2.47. The molecule has 0 saturated carbocycles. The lowest BCUT2D eigenvalue weighted by molar-refractivity contribution is -0.132. The van der Waals surface area contributed by atoms with Crippen LogP contribution >= 0.6 is 0 Å². The summed E-state index contributed by atoms with van der Waals surface area (Å²) in [4.78, 5) is 12.1. The van der Waals surface area contributed by atoms with E-state index in [0.29, 0.717) is 18.9 Å². The predicted octanol–water partition coefficient (Wildman–Crippen LogP) is 1.04. The number of carbonyl (C=O) groups excluding carboxylic acids is 1. The van der Waals surface area contributed by atoms with Crippen molar-refractivity contribution < 1.29 is 4.79 Å². The Morgan fingerprint density at radius 3 is 2.88 bits per heavy atom. The van der Waals surface area contributed by atoms with Crippen molar-refractivity contribution in [1.29, 1.82) is 5.26 Å². The van der Waals surface area contributed by atoms with Crippen LogP contribution in [0.25, 0.3) is 0 Å². The minimum Gasteiger partial charge on any atom is -0.356 e. The van der Waals surface area contributed by atoms with Crippen molar-refractivity contribution in [3.63, 3.8) is 0 Å². The van der Waals surface area contributed by atoms with E-state index in [-0.39, 0.29) is 11.3 Å². The van der Waals surface area contributed by atoms with E-state index in [2.05, 4.69) is 30.6 Å². The number of carbonyl (C=O) groups is 1. The third-order valence-corrected chi connectivity index (χ3v) is 3.50. The number of unbranched alkanes of at least 4 members (excludes halogenated alkanes) is 1. The largest absolute Gasteiger partial charge is 0.356 e. The first kappa shape index (κ1) is 13.0. The van der Waals surface area contributed by atoms with Crippen molar-refractivity contribution in [2.75, 3.05) is 19.6 Å². The molecule has 1 aliphatic rings. The zero-order valence-electron chi connectivity index (χ0n) is 10.2. The van der Waals surface area contributed by atoms with E-state index in [1.54, 1.807) is 0 Å². The Labute approximate surface area is 97.4 Å². The minimum atomic E-state index is -0.243. The van der Waals surface area contributed by atoms with Crippen molar-refractivity contribution in [3.8, 4) is 6.07 Å². The highest BCUT2D eigenvalue weighted by Gasteiger charge is 2.43. The highest BCUT2D eigenvalue weighted by molar-refractivity contribution is 5.83. The second-order valence-corrected chi connectivity index (χ2v) is 4.76. The number of amides is 1. The van der Waals surface area contributed by atoms with Gasteiger partial charge in [-0.2, -0.15) is 5.26 Å². The molecule has 1 amide bonds. The van der Waals surface area contributed by atoms with Crippen LogP contribution in [-0.2, 0) is 4.79 Å². The quantitative estimate of drug-likeness (QED) is 0.684. The molecule has 1 atom stereocenters. The van der Waals surface area contributed by atoms with Crippen LogP contribution in [0.1, 0.15) is 33.1 Å². The van der Waals surface area contributed by atoms with Crippen LogP contribution in [0, 0.1) is 22.7 Å².